The van der Waals surface area contributed by atoms with Gasteiger partial charge < -0.3 is 11.1 Å². The van der Waals surface area contributed by atoms with E-state index in [9.17, 15) is 4.79 Å². The largest absolute Gasteiger partial charge is 0.398 e. The van der Waals surface area contributed by atoms with Gasteiger partial charge >= 0.3 is 0 Å². The molecule has 0 saturated heterocycles. The lowest BCUT2D eigenvalue weighted by atomic mass is 10.2. The number of hydrogen-bond acceptors (Lipinski definition) is 4. The average molecular weight is 307 g/mol. The highest BCUT2D eigenvalue weighted by Gasteiger charge is 2.07. The van der Waals surface area contributed by atoms with E-state index in [1.54, 1.807) is 30.5 Å². The van der Waals surface area contributed by atoms with Gasteiger partial charge in [0.25, 0.3) is 5.91 Å². The first-order valence-electron chi connectivity index (χ1n) is 5.25. The Morgan fingerprint density at radius 3 is 2.89 bits per heavy atom. The lowest BCUT2D eigenvalue weighted by Crippen LogP contribution is -2.23. The van der Waals surface area contributed by atoms with Crippen molar-refractivity contribution in [2.45, 2.75) is 6.54 Å². The van der Waals surface area contributed by atoms with Crippen LogP contribution >= 0.6 is 15.9 Å². The molecule has 1 heterocycles. The normalized spacial score (nSPS) is 10.1. The number of benzene rings is 1. The number of rotatable bonds is 3. The second-order valence-electron chi connectivity index (χ2n) is 3.62. The summed E-state index contributed by atoms with van der Waals surface area (Å²) in [5, 5.41) is 2.77. The van der Waals surface area contributed by atoms with E-state index in [-0.39, 0.29) is 5.91 Å². The third-order valence-electron chi connectivity index (χ3n) is 2.34. The van der Waals surface area contributed by atoms with E-state index in [0.717, 1.165) is 5.69 Å². The van der Waals surface area contributed by atoms with Gasteiger partial charge in [-0.05, 0) is 40.2 Å². The number of aromatic nitrogens is 2. The molecule has 0 aliphatic carbocycles. The topological polar surface area (TPSA) is 80.9 Å². The molecule has 0 bridgehead atoms. The summed E-state index contributed by atoms with van der Waals surface area (Å²) in [7, 11) is 0. The molecule has 3 N–H and O–H groups in total. The molecule has 5 nitrogen and oxygen atoms in total. The summed E-state index contributed by atoms with van der Waals surface area (Å²) in [6.45, 7) is 0.364. The molecule has 2 rings (SSSR count). The minimum absolute atomic E-state index is 0.172. The molecule has 92 valence electrons. The van der Waals surface area contributed by atoms with Crippen molar-refractivity contribution in [1.82, 2.24) is 15.3 Å². The number of nitrogen functional groups attached to an aromatic ring is 1. The maximum atomic E-state index is 11.9. The highest BCUT2D eigenvalue weighted by molar-refractivity contribution is 9.10. The minimum Gasteiger partial charge on any atom is -0.398 e. The standard InChI is InChI=1S/C12H11BrN4O/c13-10-5-8(1-2-11(10)14)12(18)16-6-9-3-4-15-7-17-9/h1-5,7H,6,14H2,(H,16,18). The summed E-state index contributed by atoms with van der Waals surface area (Å²) in [6, 6.07) is 6.79. The molecule has 0 aliphatic rings. The van der Waals surface area contributed by atoms with Gasteiger partial charge in [-0.1, -0.05) is 0 Å². The molecule has 2 aromatic rings. The van der Waals surface area contributed by atoms with Gasteiger partial charge in [0.05, 0.1) is 12.2 Å². The van der Waals surface area contributed by atoms with Crippen molar-refractivity contribution in [2.24, 2.45) is 0 Å². The quantitative estimate of drug-likeness (QED) is 0.847. The summed E-state index contributed by atoms with van der Waals surface area (Å²) in [5.41, 5.74) is 7.56. The first-order valence-corrected chi connectivity index (χ1v) is 6.04. The van der Waals surface area contributed by atoms with Crippen LogP contribution in [0, 0.1) is 0 Å². The smallest absolute Gasteiger partial charge is 0.251 e. The van der Waals surface area contributed by atoms with E-state index in [1.165, 1.54) is 6.33 Å². The minimum atomic E-state index is -0.172. The molecule has 0 unspecified atom stereocenters. The van der Waals surface area contributed by atoms with E-state index < -0.39 is 0 Å². The first kappa shape index (κ1) is 12.5. The fourth-order valence-corrected chi connectivity index (χ4v) is 1.74. The van der Waals surface area contributed by atoms with Crippen LogP contribution in [0.15, 0.2) is 41.3 Å². The molecule has 0 spiro atoms. The Bertz CT molecular complexity index is 559. The Kier molecular flexibility index (Phi) is 3.88. The summed E-state index contributed by atoms with van der Waals surface area (Å²) in [4.78, 5) is 19.7. The van der Waals surface area contributed by atoms with Crippen molar-refractivity contribution in [3.63, 3.8) is 0 Å². The van der Waals surface area contributed by atoms with Gasteiger partial charge in [0.15, 0.2) is 0 Å². The van der Waals surface area contributed by atoms with E-state index in [2.05, 4.69) is 31.2 Å². The number of nitrogens with one attached hydrogen (secondary N) is 1. The summed E-state index contributed by atoms with van der Waals surface area (Å²) in [5.74, 6) is -0.172. The molecule has 0 fully saturated rings. The van der Waals surface area contributed by atoms with Crippen LogP contribution in [0.2, 0.25) is 0 Å². The van der Waals surface area contributed by atoms with Crippen LogP contribution in [-0.2, 0) is 6.54 Å². The van der Waals surface area contributed by atoms with Crippen LogP contribution < -0.4 is 11.1 Å². The Hall–Kier alpha value is -1.95. The third-order valence-corrected chi connectivity index (χ3v) is 3.02. The van der Waals surface area contributed by atoms with Gasteiger partial charge in [-0.15, -0.1) is 0 Å². The van der Waals surface area contributed by atoms with E-state index in [0.29, 0.717) is 22.3 Å². The van der Waals surface area contributed by atoms with E-state index in [4.69, 9.17) is 5.73 Å². The molecule has 0 aliphatic heterocycles. The summed E-state index contributed by atoms with van der Waals surface area (Å²) in [6.07, 6.45) is 3.08. The van der Waals surface area contributed by atoms with Crippen LogP contribution in [0.3, 0.4) is 0 Å². The summed E-state index contributed by atoms with van der Waals surface area (Å²) >= 11 is 3.28. The van der Waals surface area contributed by atoms with Crippen molar-refractivity contribution < 1.29 is 4.79 Å². The molecule has 0 radical (unpaired) electrons. The number of nitrogens with zero attached hydrogens (tertiary/aromatic N) is 2. The van der Waals surface area contributed by atoms with Gasteiger partial charge in [0.1, 0.15) is 6.33 Å². The molecule has 1 amide bonds. The molecular weight excluding hydrogens is 296 g/mol. The Morgan fingerprint density at radius 2 is 2.22 bits per heavy atom. The van der Waals surface area contributed by atoms with Gasteiger partial charge in [-0.3, -0.25) is 4.79 Å². The lowest BCUT2D eigenvalue weighted by molar-refractivity contribution is 0.0950. The van der Waals surface area contributed by atoms with Crippen molar-refractivity contribution in [2.75, 3.05) is 5.73 Å². The zero-order valence-corrected chi connectivity index (χ0v) is 11.0. The predicted octanol–water partition coefficient (Wildman–Crippen LogP) is 1.75. The zero-order valence-electron chi connectivity index (χ0n) is 9.43. The molecule has 18 heavy (non-hydrogen) atoms. The number of carbonyl (C=O) groups is 1. The molecule has 1 aromatic heterocycles. The lowest BCUT2D eigenvalue weighted by Gasteiger charge is -2.06. The number of halogens is 1. The Balaban J connectivity index is 2.02. The number of anilines is 1. The van der Waals surface area contributed by atoms with E-state index >= 15 is 0 Å². The Labute approximate surface area is 113 Å². The van der Waals surface area contributed by atoms with Crippen LogP contribution in [-0.4, -0.2) is 15.9 Å². The molecular formula is C12H11BrN4O. The SMILES string of the molecule is Nc1ccc(C(=O)NCc2ccncn2)cc1Br. The highest BCUT2D eigenvalue weighted by atomic mass is 79.9. The highest BCUT2D eigenvalue weighted by Crippen LogP contribution is 2.20. The van der Waals surface area contributed by atoms with Crippen molar-refractivity contribution >= 4 is 27.5 Å². The maximum absolute atomic E-state index is 11.9. The second kappa shape index (κ2) is 5.59. The van der Waals surface area contributed by atoms with Gasteiger partial charge in [-0.25, -0.2) is 9.97 Å². The average Bonchev–Trinajstić information content (AvgIpc) is 2.40. The van der Waals surface area contributed by atoms with Crippen LogP contribution in [0.4, 0.5) is 5.69 Å². The van der Waals surface area contributed by atoms with Crippen molar-refractivity contribution in [3.8, 4) is 0 Å². The fourth-order valence-electron chi connectivity index (χ4n) is 1.36. The first-order chi connectivity index (χ1) is 8.66. The molecule has 0 saturated carbocycles. The van der Waals surface area contributed by atoms with Gasteiger partial charge in [0, 0.05) is 21.9 Å². The van der Waals surface area contributed by atoms with Gasteiger partial charge in [-0.2, -0.15) is 0 Å². The zero-order chi connectivity index (χ0) is 13.0. The second-order valence-corrected chi connectivity index (χ2v) is 4.47. The molecule has 0 atom stereocenters. The predicted molar refractivity (Wildman–Crippen MR) is 71.8 cm³/mol. The summed E-state index contributed by atoms with van der Waals surface area (Å²) < 4.78 is 0.706. The third kappa shape index (κ3) is 3.04. The number of amides is 1. The van der Waals surface area contributed by atoms with Crippen molar-refractivity contribution in [3.05, 3.63) is 52.5 Å². The maximum Gasteiger partial charge on any atom is 0.251 e. The molecule has 1 aromatic carbocycles. The number of hydrogen-bond donors (Lipinski definition) is 2. The number of nitrogens with two attached hydrogens (primary N) is 1. The van der Waals surface area contributed by atoms with Crippen LogP contribution in [0.1, 0.15) is 16.1 Å². The monoisotopic (exact) mass is 306 g/mol. The van der Waals surface area contributed by atoms with Gasteiger partial charge in [0.2, 0.25) is 0 Å². The van der Waals surface area contributed by atoms with Crippen LogP contribution in [0.25, 0.3) is 0 Å². The Morgan fingerprint density at radius 1 is 1.39 bits per heavy atom. The fraction of sp³-hybridized carbons (Fsp3) is 0.0833. The molecule has 6 heteroatoms. The van der Waals surface area contributed by atoms with E-state index in [1.807, 2.05) is 0 Å². The van der Waals surface area contributed by atoms with Crippen molar-refractivity contribution in [1.29, 1.82) is 0 Å². The number of carbonyl (C=O) groups excluding carboxylic acids is 1. The van der Waals surface area contributed by atoms with Crippen LogP contribution in [0.5, 0.6) is 0 Å².